The van der Waals surface area contributed by atoms with Gasteiger partial charge < -0.3 is 0 Å². The summed E-state index contributed by atoms with van der Waals surface area (Å²) in [5, 5.41) is 0. The normalized spacial score (nSPS) is 13.1. The predicted molar refractivity (Wildman–Crippen MR) is 61.3 cm³/mol. The third kappa shape index (κ3) is 7.12. The molecule has 0 aliphatic carbocycles. The Morgan fingerprint density at radius 2 is 1.54 bits per heavy atom. The highest BCUT2D eigenvalue weighted by Crippen LogP contribution is 2.25. The van der Waals surface area contributed by atoms with Gasteiger partial charge in [0.25, 0.3) is 0 Å². The number of thioether (sulfide) groups is 1. The lowest BCUT2D eigenvalue weighted by Gasteiger charge is -2.20. The molecule has 0 unspecified atom stereocenters. The van der Waals surface area contributed by atoms with Gasteiger partial charge in [-0.1, -0.05) is 41.5 Å². The Morgan fingerprint density at radius 1 is 1.08 bits per heavy atom. The van der Waals surface area contributed by atoms with Crippen LogP contribution in [0.3, 0.4) is 0 Å². The second-order valence-electron chi connectivity index (χ2n) is 5.38. The van der Waals surface area contributed by atoms with E-state index < -0.39 is 0 Å². The number of hydrogen-bond acceptors (Lipinski definition) is 2. The van der Waals surface area contributed by atoms with Crippen molar-refractivity contribution in [3.05, 3.63) is 0 Å². The number of carbonyl (C=O) groups excluding carboxylic acids is 1. The van der Waals surface area contributed by atoms with Crippen LogP contribution < -0.4 is 0 Å². The van der Waals surface area contributed by atoms with Gasteiger partial charge in [0, 0.05) is 22.3 Å². The maximum absolute atomic E-state index is 11.5. The Bertz CT molecular complexity index is 172. The summed E-state index contributed by atoms with van der Waals surface area (Å²) in [6, 6.07) is 0. The molecule has 2 heteroatoms. The molecule has 0 aliphatic heterocycles. The highest BCUT2D eigenvalue weighted by Gasteiger charge is 2.21. The van der Waals surface area contributed by atoms with Crippen LogP contribution in [0.15, 0.2) is 0 Å². The molecule has 0 aromatic carbocycles. The Hall–Kier alpha value is 0.0200. The molecule has 0 bridgehead atoms. The molecule has 13 heavy (non-hydrogen) atoms. The Labute approximate surface area is 86.7 Å². The maximum atomic E-state index is 11.5. The van der Waals surface area contributed by atoms with Gasteiger partial charge in [0.15, 0.2) is 0 Å². The van der Waals surface area contributed by atoms with E-state index >= 15 is 0 Å². The van der Waals surface area contributed by atoms with E-state index in [2.05, 4.69) is 20.8 Å². The molecule has 0 amide bonds. The Morgan fingerprint density at radius 3 is 1.85 bits per heavy atom. The van der Waals surface area contributed by atoms with Gasteiger partial charge in [-0.05, 0) is 0 Å². The van der Waals surface area contributed by atoms with E-state index in [9.17, 15) is 4.79 Å². The van der Waals surface area contributed by atoms with Gasteiger partial charge in [-0.15, -0.1) is 0 Å². The number of Topliss-reactive ketones (excluding diaryl/α,β-unsaturated/α-hetero) is 1. The zero-order chi connectivity index (χ0) is 10.7. The van der Waals surface area contributed by atoms with Crippen LogP contribution in [0.5, 0.6) is 0 Å². The minimum Gasteiger partial charge on any atom is -0.299 e. The van der Waals surface area contributed by atoms with Crippen LogP contribution in [0.25, 0.3) is 0 Å². The van der Waals surface area contributed by atoms with Gasteiger partial charge in [-0.25, -0.2) is 0 Å². The maximum Gasteiger partial charge on any atom is 0.139 e. The van der Waals surface area contributed by atoms with Crippen molar-refractivity contribution in [3.63, 3.8) is 0 Å². The number of ketones is 1. The van der Waals surface area contributed by atoms with Crippen LogP contribution in [-0.2, 0) is 4.79 Å². The van der Waals surface area contributed by atoms with E-state index in [0.29, 0.717) is 12.2 Å². The molecule has 0 aliphatic rings. The quantitative estimate of drug-likeness (QED) is 0.696. The van der Waals surface area contributed by atoms with Crippen LogP contribution in [0.2, 0.25) is 0 Å². The highest BCUT2D eigenvalue weighted by atomic mass is 32.2. The summed E-state index contributed by atoms with van der Waals surface area (Å²) in [6.45, 7) is 12.5. The van der Waals surface area contributed by atoms with Gasteiger partial charge in [0.1, 0.15) is 5.78 Å². The molecule has 0 aromatic rings. The molecule has 0 rings (SSSR count). The average Bonchev–Trinajstić information content (AvgIpc) is 1.82. The molecule has 0 fully saturated rings. The molecule has 0 atom stereocenters. The van der Waals surface area contributed by atoms with Crippen molar-refractivity contribution in [2.45, 2.75) is 52.7 Å². The number of carbonyl (C=O) groups is 1. The average molecular weight is 202 g/mol. The monoisotopic (exact) mass is 202 g/mol. The lowest BCUT2D eigenvalue weighted by molar-refractivity contribution is -0.125. The van der Waals surface area contributed by atoms with Crippen molar-refractivity contribution in [1.29, 1.82) is 0 Å². The van der Waals surface area contributed by atoms with Crippen LogP contribution in [0.4, 0.5) is 0 Å². The van der Waals surface area contributed by atoms with Crippen molar-refractivity contribution in [1.82, 2.24) is 0 Å². The summed E-state index contributed by atoms with van der Waals surface area (Å²) >= 11 is 1.86. The third-order valence-corrected chi connectivity index (χ3v) is 2.97. The van der Waals surface area contributed by atoms with Crippen LogP contribution in [-0.4, -0.2) is 16.3 Å². The van der Waals surface area contributed by atoms with E-state index in [1.165, 1.54) is 0 Å². The Kier molecular flexibility index (Phi) is 4.50. The zero-order valence-electron chi connectivity index (χ0n) is 9.73. The molecule has 1 nitrogen and oxygen atoms in total. The number of rotatable bonds is 3. The Balaban J connectivity index is 3.74. The molecular weight excluding hydrogens is 180 g/mol. The first-order valence-corrected chi connectivity index (χ1v) is 5.79. The molecule has 0 N–H and O–H groups in total. The fourth-order valence-electron chi connectivity index (χ4n) is 0.825. The summed E-state index contributed by atoms with van der Waals surface area (Å²) in [7, 11) is 0. The standard InChI is InChI=1S/C11H22OS/c1-10(2,3)9(12)7-8-13-11(4,5)6/h7-8H2,1-6H3. The first-order valence-electron chi connectivity index (χ1n) is 4.80. The molecule has 78 valence electrons. The van der Waals surface area contributed by atoms with Crippen LogP contribution in [0, 0.1) is 5.41 Å². The topological polar surface area (TPSA) is 17.1 Å². The fraction of sp³-hybridized carbons (Fsp3) is 0.909. The summed E-state index contributed by atoms with van der Waals surface area (Å²) in [4.78, 5) is 11.5. The number of hydrogen-bond donors (Lipinski definition) is 0. The van der Waals surface area contributed by atoms with Crippen molar-refractivity contribution in [3.8, 4) is 0 Å². The zero-order valence-corrected chi connectivity index (χ0v) is 10.5. The van der Waals surface area contributed by atoms with E-state index in [1.54, 1.807) is 0 Å². The minimum atomic E-state index is -0.168. The first-order chi connectivity index (χ1) is 5.63. The van der Waals surface area contributed by atoms with E-state index in [1.807, 2.05) is 32.5 Å². The van der Waals surface area contributed by atoms with Gasteiger partial charge >= 0.3 is 0 Å². The predicted octanol–water partition coefficient (Wildman–Crippen LogP) is 3.52. The van der Waals surface area contributed by atoms with Gasteiger partial charge in [-0.3, -0.25) is 4.79 Å². The first kappa shape index (κ1) is 13.0. The SMILES string of the molecule is CC(C)(C)SCCC(=O)C(C)(C)C. The molecular formula is C11H22OS. The molecule has 0 saturated carbocycles. The largest absolute Gasteiger partial charge is 0.299 e. The highest BCUT2D eigenvalue weighted by molar-refractivity contribution is 8.00. The lowest BCUT2D eigenvalue weighted by atomic mass is 9.89. The second-order valence-corrected chi connectivity index (χ2v) is 7.31. The van der Waals surface area contributed by atoms with Crippen molar-refractivity contribution < 1.29 is 4.79 Å². The van der Waals surface area contributed by atoms with Crippen LogP contribution in [0.1, 0.15) is 48.0 Å². The lowest BCUT2D eigenvalue weighted by Crippen LogP contribution is -2.21. The molecule has 0 saturated heterocycles. The molecule has 0 aromatic heterocycles. The molecule has 0 radical (unpaired) electrons. The second kappa shape index (κ2) is 4.50. The van der Waals surface area contributed by atoms with E-state index in [-0.39, 0.29) is 10.2 Å². The van der Waals surface area contributed by atoms with Crippen molar-refractivity contribution in [2.24, 2.45) is 5.41 Å². The van der Waals surface area contributed by atoms with Gasteiger partial charge in [-0.2, -0.15) is 11.8 Å². The van der Waals surface area contributed by atoms with Crippen molar-refractivity contribution >= 4 is 17.5 Å². The van der Waals surface area contributed by atoms with Crippen molar-refractivity contribution in [2.75, 3.05) is 5.75 Å². The summed E-state index contributed by atoms with van der Waals surface area (Å²) in [6.07, 6.45) is 0.700. The molecule has 0 spiro atoms. The van der Waals surface area contributed by atoms with Gasteiger partial charge in [0.2, 0.25) is 0 Å². The summed E-state index contributed by atoms with van der Waals surface area (Å²) < 4.78 is 0.276. The smallest absolute Gasteiger partial charge is 0.139 e. The van der Waals surface area contributed by atoms with Gasteiger partial charge in [0.05, 0.1) is 0 Å². The minimum absolute atomic E-state index is 0.168. The third-order valence-electron chi connectivity index (χ3n) is 1.70. The fourth-order valence-corrected chi connectivity index (χ4v) is 1.72. The molecule has 0 heterocycles. The van der Waals surface area contributed by atoms with E-state index in [4.69, 9.17) is 0 Å². The van der Waals surface area contributed by atoms with E-state index in [0.717, 1.165) is 5.75 Å². The van der Waals surface area contributed by atoms with Crippen LogP contribution >= 0.6 is 11.8 Å². The summed E-state index contributed by atoms with van der Waals surface area (Å²) in [5.41, 5.74) is -0.168. The summed E-state index contributed by atoms with van der Waals surface area (Å²) in [5.74, 6) is 1.31.